The van der Waals surface area contributed by atoms with Gasteiger partial charge in [-0.1, -0.05) is 27.7 Å². The molecule has 0 aromatic heterocycles. The summed E-state index contributed by atoms with van der Waals surface area (Å²) < 4.78 is 48.4. The minimum Gasteiger partial charge on any atom is -0.459 e. The largest absolute Gasteiger partial charge is 0.508 e. The van der Waals surface area contributed by atoms with E-state index in [1.165, 1.54) is 13.8 Å². The Bertz CT molecular complexity index is 660. The predicted molar refractivity (Wildman–Crippen MR) is 108 cm³/mol. The Morgan fingerprint density at radius 2 is 1.60 bits per heavy atom. The highest BCUT2D eigenvalue weighted by Gasteiger charge is 2.41. The molecule has 0 aromatic carbocycles. The van der Waals surface area contributed by atoms with Crippen molar-refractivity contribution in [2.75, 3.05) is 38.1 Å². The highest BCUT2D eigenvalue weighted by Crippen LogP contribution is 2.27. The van der Waals surface area contributed by atoms with Gasteiger partial charge < -0.3 is 18.9 Å². The van der Waals surface area contributed by atoms with Crippen LogP contribution in [0.15, 0.2) is 0 Å². The van der Waals surface area contributed by atoms with Crippen LogP contribution in [-0.2, 0) is 42.8 Å². The standard InChI is InChI=1S/C18H31ClO10S/c1-6-25-17(22)27-10-9-26-16(21)14(29-15(20)13(2)3)18(4,5)12-28-30(23,24)11-7-8-19/h13-14H,6-12H2,1-5H3/t14-/m0/s1. The zero-order valence-electron chi connectivity index (χ0n) is 18.0. The van der Waals surface area contributed by atoms with Crippen LogP contribution in [0.25, 0.3) is 0 Å². The normalized spacial score (nSPS) is 12.9. The van der Waals surface area contributed by atoms with E-state index in [9.17, 15) is 22.8 Å². The summed E-state index contributed by atoms with van der Waals surface area (Å²) in [4.78, 5) is 35.7. The van der Waals surface area contributed by atoms with Crippen molar-refractivity contribution < 1.29 is 45.9 Å². The molecule has 0 rings (SSSR count). The van der Waals surface area contributed by atoms with Crippen LogP contribution in [-0.4, -0.2) is 70.7 Å². The summed E-state index contributed by atoms with van der Waals surface area (Å²) in [5.74, 6) is -2.25. The van der Waals surface area contributed by atoms with Gasteiger partial charge in [0.25, 0.3) is 10.1 Å². The van der Waals surface area contributed by atoms with Gasteiger partial charge in [0.2, 0.25) is 6.10 Å². The van der Waals surface area contributed by atoms with Crippen LogP contribution < -0.4 is 0 Å². The highest BCUT2D eigenvalue weighted by molar-refractivity contribution is 7.86. The van der Waals surface area contributed by atoms with Gasteiger partial charge in [0.15, 0.2) is 0 Å². The molecule has 0 saturated carbocycles. The van der Waals surface area contributed by atoms with E-state index in [0.717, 1.165) is 0 Å². The van der Waals surface area contributed by atoms with Crippen molar-refractivity contribution in [2.45, 2.75) is 47.1 Å². The minimum absolute atomic E-state index is 0.133. The topological polar surface area (TPSA) is 132 Å². The number of halogens is 1. The molecule has 0 unspecified atom stereocenters. The molecule has 0 aliphatic carbocycles. The average molecular weight is 475 g/mol. The van der Waals surface area contributed by atoms with Crippen molar-refractivity contribution in [3.05, 3.63) is 0 Å². The Morgan fingerprint density at radius 3 is 2.13 bits per heavy atom. The average Bonchev–Trinajstić information content (AvgIpc) is 2.66. The molecule has 0 amide bonds. The Labute approximate surface area is 182 Å². The quantitative estimate of drug-likeness (QED) is 0.121. The molecule has 0 bridgehead atoms. The minimum atomic E-state index is -3.87. The van der Waals surface area contributed by atoms with Crippen molar-refractivity contribution in [2.24, 2.45) is 11.3 Å². The van der Waals surface area contributed by atoms with Crippen LogP contribution in [0, 0.1) is 11.3 Å². The second kappa shape index (κ2) is 13.7. The van der Waals surface area contributed by atoms with Gasteiger partial charge >= 0.3 is 18.1 Å². The molecule has 0 aromatic rings. The van der Waals surface area contributed by atoms with E-state index < -0.39 is 52.3 Å². The molecule has 12 heteroatoms. The molecule has 0 aliphatic rings. The van der Waals surface area contributed by atoms with E-state index >= 15 is 0 Å². The second-order valence-corrected chi connectivity index (χ2v) is 9.36. The van der Waals surface area contributed by atoms with Gasteiger partial charge in [0.1, 0.15) is 13.2 Å². The zero-order chi connectivity index (χ0) is 23.4. The first-order valence-electron chi connectivity index (χ1n) is 9.46. The van der Waals surface area contributed by atoms with E-state index in [0.29, 0.717) is 0 Å². The van der Waals surface area contributed by atoms with Crippen molar-refractivity contribution in [1.29, 1.82) is 0 Å². The number of rotatable bonds is 14. The van der Waals surface area contributed by atoms with Gasteiger partial charge in [-0.15, -0.1) is 11.6 Å². The fourth-order valence-corrected chi connectivity index (χ4v) is 3.28. The molecule has 0 fully saturated rings. The summed E-state index contributed by atoms with van der Waals surface area (Å²) >= 11 is 5.50. The smallest absolute Gasteiger partial charge is 0.459 e. The molecule has 30 heavy (non-hydrogen) atoms. The molecule has 0 radical (unpaired) electrons. The summed E-state index contributed by atoms with van der Waals surface area (Å²) in [6.07, 6.45) is -2.15. The van der Waals surface area contributed by atoms with Gasteiger partial charge in [-0.05, 0) is 13.3 Å². The number of carbonyl (C=O) groups excluding carboxylic acids is 3. The van der Waals surface area contributed by atoms with Gasteiger partial charge in [0.05, 0.1) is 24.9 Å². The number of hydrogen-bond donors (Lipinski definition) is 0. The fraction of sp³-hybridized carbons (Fsp3) is 0.833. The fourth-order valence-electron chi connectivity index (χ4n) is 1.89. The summed E-state index contributed by atoms with van der Waals surface area (Å²) in [6, 6.07) is 0. The van der Waals surface area contributed by atoms with Crippen molar-refractivity contribution in [3.63, 3.8) is 0 Å². The molecule has 0 saturated heterocycles. The first-order chi connectivity index (χ1) is 13.9. The number of ether oxygens (including phenoxy) is 4. The maximum absolute atomic E-state index is 12.5. The lowest BCUT2D eigenvalue weighted by atomic mass is 9.87. The number of alkyl halides is 1. The van der Waals surface area contributed by atoms with Crippen LogP contribution >= 0.6 is 11.6 Å². The lowest BCUT2D eigenvalue weighted by Gasteiger charge is -2.32. The van der Waals surface area contributed by atoms with Crippen LogP contribution in [0.1, 0.15) is 41.0 Å². The van der Waals surface area contributed by atoms with E-state index in [4.69, 9.17) is 25.3 Å². The molecule has 0 spiro atoms. The Balaban J connectivity index is 5.09. The SMILES string of the molecule is CCOC(=O)OCCOC(=O)[C@H](OC(=O)C(C)C)C(C)(C)COS(=O)(=O)CCCCl. The maximum atomic E-state index is 12.5. The summed E-state index contributed by atoms with van der Waals surface area (Å²) in [5, 5.41) is 0. The van der Waals surface area contributed by atoms with Gasteiger partial charge in [-0.25, -0.2) is 9.59 Å². The third-order valence-corrected chi connectivity index (χ3v) is 5.11. The second-order valence-electron chi connectivity index (χ2n) is 7.23. The van der Waals surface area contributed by atoms with Crippen LogP contribution in [0.3, 0.4) is 0 Å². The van der Waals surface area contributed by atoms with E-state index in [1.54, 1.807) is 20.8 Å². The molecular weight excluding hydrogens is 444 g/mol. The van der Waals surface area contributed by atoms with Crippen molar-refractivity contribution in [3.8, 4) is 0 Å². The lowest BCUT2D eigenvalue weighted by molar-refractivity contribution is -0.180. The summed E-state index contributed by atoms with van der Waals surface area (Å²) in [6.45, 7) is 6.90. The third-order valence-electron chi connectivity index (χ3n) is 3.58. The number of esters is 2. The molecule has 176 valence electrons. The monoisotopic (exact) mass is 474 g/mol. The molecule has 0 aliphatic heterocycles. The Hall–Kier alpha value is -1.59. The lowest BCUT2D eigenvalue weighted by Crippen LogP contribution is -2.45. The Morgan fingerprint density at radius 1 is 1.00 bits per heavy atom. The molecule has 0 N–H and O–H groups in total. The predicted octanol–water partition coefficient (Wildman–Crippen LogP) is 2.27. The van der Waals surface area contributed by atoms with E-state index in [-0.39, 0.29) is 37.9 Å². The van der Waals surface area contributed by atoms with Crippen LogP contribution in [0.4, 0.5) is 4.79 Å². The van der Waals surface area contributed by atoms with Crippen LogP contribution in [0.5, 0.6) is 0 Å². The van der Waals surface area contributed by atoms with Gasteiger partial charge in [0, 0.05) is 11.3 Å². The molecule has 0 heterocycles. The molecular formula is C18H31ClO10S. The van der Waals surface area contributed by atoms with E-state index in [2.05, 4.69) is 9.47 Å². The third kappa shape index (κ3) is 11.6. The van der Waals surface area contributed by atoms with Gasteiger partial charge in [-0.2, -0.15) is 8.42 Å². The molecule has 1 atom stereocenters. The Kier molecular flexibility index (Phi) is 12.9. The van der Waals surface area contributed by atoms with Crippen molar-refractivity contribution in [1.82, 2.24) is 0 Å². The highest BCUT2D eigenvalue weighted by atomic mass is 35.5. The van der Waals surface area contributed by atoms with Crippen molar-refractivity contribution >= 4 is 39.8 Å². The zero-order valence-corrected chi connectivity index (χ0v) is 19.5. The maximum Gasteiger partial charge on any atom is 0.508 e. The number of carbonyl (C=O) groups is 3. The number of hydrogen-bond acceptors (Lipinski definition) is 10. The summed E-state index contributed by atoms with van der Waals surface area (Å²) in [7, 11) is -3.87. The summed E-state index contributed by atoms with van der Waals surface area (Å²) in [5.41, 5.74) is -1.24. The first kappa shape index (κ1) is 28.4. The molecule has 10 nitrogen and oxygen atoms in total. The van der Waals surface area contributed by atoms with Gasteiger partial charge in [-0.3, -0.25) is 8.98 Å². The first-order valence-corrected chi connectivity index (χ1v) is 11.6. The van der Waals surface area contributed by atoms with E-state index in [1.807, 2.05) is 0 Å². The van der Waals surface area contributed by atoms with Crippen LogP contribution in [0.2, 0.25) is 0 Å².